The molecule has 1 saturated carbocycles. The number of hydrogen-bond donors (Lipinski definition) is 1. The molecule has 0 spiro atoms. The molecule has 152 valence electrons. The Morgan fingerprint density at radius 1 is 1.18 bits per heavy atom. The fourth-order valence-corrected chi connectivity index (χ4v) is 3.22. The third kappa shape index (κ3) is 4.92. The summed E-state index contributed by atoms with van der Waals surface area (Å²) in [5, 5.41) is 12.0. The molecule has 1 aliphatic carbocycles. The summed E-state index contributed by atoms with van der Waals surface area (Å²) in [5.74, 6) is 3.87. The van der Waals surface area contributed by atoms with Crippen LogP contribution in [0.4, 0.5) is 5.82 Å². The molecule has 0 radical (unpaired) electrons. The Morgan fingerprint density at radius 2 is 1.93 bits per heavy atom. The molecule has 2 aromatic rings. The molecule has 1 N–H and O–H groups in total. The predicted octanol–water partition coefficient (Wildman–Crippen LogP) is 1.88. The Bertz CT molecular complexity index is 821. The standard InChI is InChI=1S/C19H28N8.HI/c1-14-6-7-20-17(12-14)26-8-10-27(11-9-26)19(22-16-4-5-16)21-13-18-24-23-15(2)25(18)3;/h6-7,12,16H,4-5,8-11,13H2,1-3H3,(H,21,22);1H. The van der Waals surface area contributed by atoms with Gasteiger partial charge in [-0.15, -0.1) is 34.2 Å². The normalized spacial score (nSPS) is 17.5. The van der Waals surface area contributed by atoms with Crippen LogP contribution in [0.2, 0.25) is 0 Å². The number of piperazine rings is 1. The van der Waals surface area contributed by atoms with Crippen LogP contribution in [0.3, 0.4) is 0 Å². The highest BCUT2D eigenvalue weighted by Crippen LogP contribution is 2.20. The van der Waals surface area contributed by atoms with Gasteiger partial charge in [-0.2, -0.15) is 0 Å². The zero-order valence-electron chi connectivity index (χ0n) is 16.8. The van der Waals surface area contributed by atoms with Crippen LogP contribution in [-0.2, 0) is 13.6 Å². The van der Waals surface area contributed by atoms with Gasteiger partial charge in [-0.1, -0.05) is 0 Å². The van der Waals surface area contributed by atoms with E-state index in [9.17, 15) is 0 Å². The van der Waals surface area contributed by atoms with Gasteiger partial charge in [-0.3, -0.25) is 0 Å². The molecule has 2 aliphatic rings. The average molecular weight is 496 g/mol. The molecule has 0 unspecified atom stereocenters. The van der Waals surface area contributed by atoms with Crippen molar-refractivity contribution in [1.29, 1.82) is 0 Å². The van der Waals surface area contributed by atoms with Crippen LogP contribution in [0.15, 0.2) is 23.3 Å². The monoisotopic (exact) mass is 496 g/mol. The molecule has 0 bridgehead atoms. The molecular formula is C19H29IN8. The molecular weight excluding hydrogens is 467 g/mol. The van der Waals surface area contributed by atoms with E-state index in [1.165, 1.54) is 18.4 Å². The third-order valence-electron chi connectivity index (χ3n) is 5.27. The molecule has 0 atom stereocenters. The van der Waals surface area contributed by atoms with Gasteiger partial charge in [-0.25, -0.2) is 9.98 Å². The quantitative estimate of drug-likeness (QED) is 0.396. The highest BCUT2D eigenvalue weighted by Gasteiger charge is 2.27. The maximum Gasteiger partial charge on any atom is 0.194 e. The van der Waals surface area contributed by atoms with Crippen LogP contribution < -0.4 is 10.2 Å². The Balaban J connectivity index is 0.00000225. The molecule has 2 fully saturated rings. The fourth-order valence-electron chi connectivity index (χ4n) is 3.22. The highest BCUT2D eigenvalue weighted by molar-refractivity contribution is 14.0. The molecule has 0 amide bonds. The second-order valence-corrected chi connectivity index (χ2v) is 7.45. The van der Waals surface area contributed by atoms with Crippen LogP contribution in [-0.4, -0.2) is 62.8 Å². The van der Waals surface area contributed by atoms with Crippen molar-refractivity contribution in [2.45, 2.75) is 39.3 Å². The smallest absolute Gasteiger partial charge is 0.194 e. The summed E-state index contributed by atoms with van der Waals surface area (Å²) in [6.07, 6.45) is 4.35. The number of nitrogens with one attached hydrogen (secondary N) is 1. The molecule has 4 rings (SSSR count). The number of aromatic nitrogens is 4. The first kappa shape index (κ1) is 20.8. The summed E-state index contributed by atoms with van der Waals surface area (Å²) < 4.78 is 2.00. The zero-order chi connectivity index (χ0) is 18.8. The van der Waals surface area contributed by atoms with E-state index >= 15 is 0 Å². The second-order valence-electron chi connectivity index (χ2n) is 7.45. The number of guanidine groups is 1. The van der Waals surface area contributed by atoms with Gasteiger partial charge >= 0.3 is 0 Å². The number of aryl methyl sites for hydroxylation is 2. The van der Waals surface area contributed by atoms with Gasteiger partial charge < -0.3 is 19.7 Å². The Hall–Kier alpha value is -1.91. The van der Waals surface area contributed by atoms with Crippen molar-refractivity contribution in [2.75, 3.05) is 31.1 Å². The van der Waals surface area contributed by atoms with E-state index in [4.69, 9.17) is 4.99 Å². The van der Waals surface area contributed by atoms with Gasteiger partial charge in [0.05, 0.1) is 0 Å². The van der Waals surface area contributed by atoms with Crippen molar-refractivity contribution in [3.63, 3.8) is 0 Å². The van der Waals surface area contributed by atoms with Gasteiger partial charge in [0.25, 0.3) is 0 Å². The minimum Gasteiger partial charge on any atom is -0.353 e. The van der Waals surface area contributed by atoms with Crippen LogP contribution in [0, 0.1) is 13.8 Å². The lowest BCUT2D eigenvalue weighted by atomic mass is 10.2. The molecule has 0 aromatic carbocycles. The zero-order valence-corrected chi connectivity index (χ0v) is 19.1. The van der Waals surface area contributed by atoms with Crippen molar-refractivity contribution in [1.82, 2.24) is 30.0 Å². The van der Waals surface area contributed by atoms with E-state index in [0.717, 1.165) is 49.6 Å². The van der Waals surface area contributed by atoms with Crippen molar-refractivity contribution < 1.29 is 0 Å². The van der Waals surface area contributed by atoms with Gasteiger partial charge in [0.2, 0.25) is 0 Å². The van der Waals surface area contributed by atoms with Crippen LogP contribution in [0.25, 0.3) is 0 Å². The number of nitrogens with zero attached hydrogens (tertiary/aromatic N) is 7. The Morgan fingerprint density at radius 3 is 2.54 bits per heavy atom. The first-order valence-electron chi connectivity index (χ1n) is 9.68. The van der Waals surface area contributed by atoms with Crippen molar-refractivity contribution >= 4 is 35.8 Å². The fraction of sp³-hybridized carbons (Fsp3) is 0.579. The number of anilines is 1. The predicted molar refractivity (Wildman–Crippen MR) is 121 cm³/mol. The van der Waals surface area contributed by atoms with Gasteiger partial charge in [0.1, 0.15) is 18.2 Å². The van der Waals surface area contributed by atoms with Crippen molar-refractivity contribution in [3.8, 4) is 0 Å². The lowest BCUT2D eigenvalue weighted by Crippen LogP contribution is -2.53. The van der Waals surface area contributed by atoms with Crippen LogP contribution >= 0.6 is 24.0 Å². The molecule has 3 heterocycles. The van der Waals surface area contributed by atoms with Gasteiger partial charge in [-0.05, 0) is 44.4 Å². The highest BCUT2D eigenvalue weighted by atomic mass is 127. The Labute approximate surface area is 183 Å². The maximum absolute atomic E-state index is 4.86. The molecule has 2 aromatic heterocycles. The number of halogens is 1. The van der Waals surface area contributed by atoms with Crippen LogP contribution in [0.5, 0.6) is 0 Å². The number of aliphatic imine (C=N–C) groups is 1. The van der Waals surface area contributed by atoms with Crippen LogP contribution in [0.1, 0.15) is 30.1 Å². The van der Waals surface area contributed by atoms with E-state index in [1.807, 2.05) is 30.8 Å². The molecule has 1 saturated heterocycles. The summed E-state index contributed by atoms with van der Waals surface area (Å²) in [7, 11) is 1.99. The first-order chi connectivity index (χ1) is 13.1. The summed E-state index contributed by atoms with van der Waals surface area (Å²) >= 11 is 0. The van der Waals surface area contributed by atoms with E-state index in [0.29, 0.717) is 12.6 Å². The molecule has 9 heteroatoms. The van der Waals surface area contributed by atoms with E-state index in [-0.39, 0.29) is 24.0 Å². The average Bonchev–Trinajstić information content (AvgIpc) is 3.45. The second kappa shape index (κ2) is 9.06. The van der Waals surface area contributed by atoms with Gasteiger partial charge in [0, 0.05) is 45.5 Å². The third-order valence-corrected chi connectivity index (χ3v) is 5.27. The van der Waals surface area contributed by atoms with E-state index < -0.39 is 0 Å². The molecule has 8 nitrogen and oxygen atoms in total. The van der Waals surface area contributed by atoms with E-state index in [1.54, 1.807) is 0 Å². The minimum absolute atomic E-state index is 0. The minimum atomic E-state index is 0. The summed E-state index contributed by atoms with van der Waals surface area (Å²) in [4.78, 5) is 14.1. The maximum atomic E-state index is 4.86. The lowest BCUT2D eigenvalue weighted by Gasteiger charge is -2.37. The van der Waals surface area contributed by atoms with Gasteiger partial charge in [0.15, 0.2) is 11.8 Å². The number of rotatable bonds is 4. The first-order valence-corrected chi connectivity index (χ1v) is 9.68. The summed E-state index contributed by atoms with van der Waals surface area (Å²) in [5.41, 5.74) is 1.25. The Kier molecular flexibility index (Phi) is 6.73. The number of hydrogen-bond acceptors (Lipinski definition) is 5. The summed E-state index contributed by atoms with van der Waals surface area (Å²) in [6, 6.07) is 4.77. The number of pyridine rings is 1. The van der Waals surface area contributed by atoms with Crippen molar-refractivity contribution in [3.05, 3.63) is 35.5 Å². The van der Waals surface area contributed by atoms with Crippen molar-refractivity contribution in [2.24, 2.45) is 12.0 Å². The molecule has 1 aliphatic heterocycles. The summed E-state index contributed by atoms with van der Waals surface area (Å²) in [6.45, 7) is 8.39. The largest absolute Gasteiger partial charge is 0.353 e. The lowest BCUT2D eigenvalue weighted by molar-refractivity contribution is 0.370. The van der Waals surface area contributed by atoms with E-state index in [2.05, 4.69) is 43.3 Å². The molecule has 28 heavy (non-hydrogen) atoms. The topological polar surface area (TPSA) is 74.5 Å². The SMILES string of the molecule is Cc1ccnc(N2CCN(C(=NCc3nnc(C)n3C)NC3CC3)CC2)c1.I.